The highest BCUT2D eigenvalue weighted by molar-refractivity contribution is 5.79. The van der Waals surface area contributed by atoms with Crippen molar-refractivity contribution >= 4 is 5.91 Å². The van der Waals surface area contributed by atoms with E-state index in [1.807, 2.05) is 0 Å². The molecule has 2 rings (SSSR count). The van der Waals surface area contributed by atoms with Gasteiger partial charge in [0.1, 0.15) is 11.6 Å². The van der Waals surface area contributed by atoms with Crippen LogP contribution in [0.5, 0.6) is 0 Å². The third-order valence-corrected chi connectivity index (χ3v) is 3.20. The second-order valence-electron chi connectivity index (χ2n) is 4.68. The molecule has 0 saturated carbocycles. The fourth-order valence-corrected chi connectivity index (χ4v) is 2.11. The number of nitrogens with one attached hydrogen (secondary N) is 1. The summed E-state index contributed by atoms with van der Waals surface area (Å²) in [6.45, 7) is 0.263. The monoisotopic (exact) mass is 309 g/mol. The first kappa shape index (κ1) is 15.7. The van der Waals surface area contributed by atoms with Crippen molar-refractivity contribution in [1.29, 1.82) is 0 Å². The summed E-state index contributed by atoms with van der Waals surface area (Å²) in [6, 6.07) is -0.357. The van der Waals surface area contributed by atoms with Crippen LogP contribution in [0.3, 0.4) is 0 Å². The van der Waals surface area contributed by atoms with Crippen molar-refractivity contribution in [2.75, 3.05) is 13.2 Å². The average Bonchev–Trinajstić information content (AvgIpc) is 2.89. The van der Waals surface area contributed by atoms with Crippen molar-refractivity contribution in [2.24, 2.45) is 5.92 Å². The summed E-state index contributed by atoms with van der Waals surface area (Å²) in [5.74, 6) is -4.40. The van der Waals surface area contributed by atoms with Gasteiger partial charge in [-0.15, -0.1) is 0 Å². The average molecular weight is 309 g/mol. The Kier molecular flexibility index (Phi) is 4.46. The van der Waals surface area contributed by atoms with Gasteiger partial charge < -0.3 is 10.1 Å². The summed E-state index contributed by atoms with van der Waals surface area (Å²) >= 11 is 0. The molecule has 1 heterocycles. The maximum absolute atomic E-state index is 13.5. The van der Waals surface area contributed by atoms with Crippen LogP contribution in [0.4, 0.5) is 22.0 Å². The fraction of sp³-hybridized carbons (Fsp3) is 0.462. The highest BCUT2D eigenvalue weighted by atomic mass is 19.4. The van der Waals surface area contributed by atoms with Gasteiger partial charge in [0, 0.05) is 6.61 Å². The maximum Gasteiger partial charge on any atom is 0.413 e. The van der Waals surface area contributed by atoms with Gasteiger partial charge in [0.05, 0.1) is 18.1 Å². The number of carbonyl (C=O) groups excluding carboxylic acids is 1. The zero-order valence-electron chi connectivity index (χ0n) is 10.7. The van der Waals surface area contributed by atoms with E-state index in [9.17, 15) is 26.7 Å². The van der Waals surface area contributed by atoms with Gasteiger partial charge in [0.25, 0.3) is 0 Å². The lowest BCUT2D eigenvalue weighted by molar-refractivity contribution is -0.165. The predicted octanol–water partition coefficient (Wildman–Crippen LogP) is 2.72. The molecule has 1 aromatic carbocycles. The molecule has 0 bridgehead atoms. The van der Waals surface area contributed by atoms with Gasteiger partial charge in [-0.3, -0.25) is 4.79 Å². The summed E-state index contributed by atoms with van der Waals surface area (Å²) in [7, 11) is 0. The van der Waals surface area contributed by atoms with E-state index in [1.165, 1.54) is 0 Å². The zero-order chi connectivity index (χ0) is 15.6. The van der Waals surface area contributed by atoms with Crippen LogP contribution in [0.15, 0.2) is 18.2 Å². The molecule has 116 valence electrons. The maximum atomic E-state index is 13.5. The lowest BCUT2D eigenvalue weighted by Gasteiger charge is -2.24. The Morgan fingerprint density at radius 3 is 2.38 bits per heavy atom. The number of carbonyl (C=O) groups is 1. The van der Waals surface area contributed by atoms with E-state index in [0.29, 0.717) is 12.1 Å². The molecule has 1 aliphatic heterocycles. The molecule has 1 amide bonds. The van der Waals surface area contributed by atoms with Gasteiger partial charge in [-0.25, -0.2) is 8.78 Å². The second-order valence-corrected chi connectivity index (χ2v) is 4.68. The van der Waals surface area contributed by atoms with Crippen molar-refractivity contribution in [2.45, 2.75) is 18.6 Å². The Morgan fingerprint density at radius 1 is 1.29 bits per heavy atom. The first-order valence-corrected chi connectivity index (χ1v) is 6.19. The molecule has 0 spiro atoms. The van der Waals surface area contributed by atoms with Crippen LogP contribution in [0, 0.1) is 17.6 Å². The van der Waals surface area contributed by atoms with Gasteiger partial charge >= 0.3 is 6.18 Å². The van der Waals surface area contributed by atoms with E-state index in [0.717, 1.165) is 6.07 Å². The number of amides is 1. The molecular formula is C13H12F5NO2. The highest BCUT2D eigenvalue weighted by Crippen LogP contribution is 2.35. The minimum atomic E-state index is -5.02. The van der Waals surface area contributed by atoms with Crippen LogP contribution in [0.1, 0.15) is 18.0 Å². The second kappa shape index (κ2) is 5.97. The van der Waals surface area contributed by atoms with E-state index in [-0.39, 0.29) is 19.6 Å². The number of alkyl halides is 3. The molecule has 1 saturated heterocycles. The largest absolute Gasteiger partial charge is 0.413 e. The van der Waals surface area contributed by atoms with Crippen LogP contribution < -0.4 is 5.32 Å². The lowest BCUT2D eigenvalue weighted by atomic mass is 10.0. The fourth-order valence-electron chi connectivity index (χ4n) is 2.11. The van der Waals surface area contributed by atoms with Crippen molar-refractivity contribution in [3.8, 4) is 0 Å². The van der Waals surface area contributed by atoms with E-state index in [1.54, 1.807) is 5.32 Å². The SMILES string of the molecule is O=C(NC(c1c(F)cccc1F)C(F)(F)F)C1CCOC1. The van der Waals surface area contributed by atoms with Gasteiger partial charge in [-0.2, -0.15) is 13.2 Å². The van der Waals surface area contributed by atoms with Gasteiger partial charge in [-0.05, 0) is 18.6 Å². The number of hydrogen-bond acceptors (Lipinski definition) is 2. The van der Waals surface area contributed by atoms with Gasteiger partial charge in [0.2, 0.25) is 5.91 Å². The third kappa shape index (κ3) is 3.49. The first-order valence-electron chi connectivity index (χ1n) is 6.19. The molecular weight excluding hydrogens is 297 g/mol. The van der Waals surface area contributed by atoms with Crippen molar-refractivity contribution in [3.63, 3.8) is 0 Å². The van der Waals surface area contributed by atoms with Crippen molar-refractivity contribution < 1.29 is 31.5 Å². The quantitative estimate of drug-likeness (QED) is 0.872. The Morgan fingerprint density at radius 2 is 1.90 bits per heavy atom. The van der Waals surface area contributed by atoms with E-state index < -0.39 is 41.2 Å². The Bertz CT molecular complexity index is 506. The number of rotatable bonds is 3. The summed E-state index contributed by atoms with van der Waals surface area (Å²) in [4.78, 5) is 11.8. The molecule has 3 nitrogen and oxygen atoms in total. The lowest BCUT2D eigenvalue weighted by Crippen LogP contribution is -2.42. The van der Waals surface area contributed by atoms with Gasteiger partial charge in [-0.1, -0.05) is 6.07 Å². The molecule has 1 fully saturated rings. The molecule has 1 aliphatic rings. The zero-order valence-corrected chi connectivity index (χ0v) is 10.7. The van der Waals surface area contributed by atoms with Crippen LogP contribution in [0.2, 0.25) is 0 Å². The van der Waals surface area contributed by atoms with Crippen molar-refractivity contribution in [3.05, 3.63) is 35.4 Å². The third-order valence-electron chi connectivity index (χ3n) is 3.20. The van der Waals surface area contributed by atoms with Crippen molar-refractivity contribution in [1.82, 2.24) is 5.32 Å². The molecule has 0 radical (unpaired) electrons. The minimum Gasteiger partial charge on any atom is -0.381 e. The molecule has 8 heteroatoms. The smallest absolute Gasteiger partial charge is 0.381 e. The first-order chi connectivity index (χ1) is 9.80. The molecule has 21 heavy (non-hydrogen) atoms. The van der Waals surface area contributed by atoms with E-state index in [2.05, 4.69) is 0 Å². The van der Waals surface area contributed by atoms with E-state index in [4.69, 9.17) is 4.74 Å². The Labute approximate surface area is 117 Å². The normalized spacial score (nSPS) is 20.3. The van der Waals surface area contributed by atoms with Crippen LogP contribution >= 0.6 is 0 Å². The number of hydrogen-bond donors (Lipinski definition) is 1. The standard InChI is InChI=1S/C13H12F5NO2/c14-8-2-1-3-9(15)10(8)11(13(16,17)18)19-12(20)7-4-5-21-6-7/h1-3,7,11H,4-6H2,(H,19,20). The highest BCUT2D eigenvalue weighted by Gasteiger charge is 2.45. The summed E-state index contributed by atoms with van der Waals surface area (Å²) in [5.41, 5.74) is -1.21. The van der Waals surface area contributed by atoms with E-state index >= 15 is 0 Å². The summed E-state index contributed by atoms with van der Waals surface area (Å²) < 4.78 is 71.1. The van der Waals surface area contributed by atoms with Gasteiger partial charge in [0.15, 0.2) is 6.04 Å². The number of halogens is 5. The van der Waals surface area contributed by atoms with Crippen LogP contribution in [0.25, 0.3) is 0 Å². The van der Waals surface area contributed by atoms with Crippen LogP contribution in [-0.4, -0.2) is 25.3 Å². The predicted molar refractivity (Wildman–Crippen MR) is 62.2 cm³/mol. The molecule has 2 unspecified atom stereocenters. The molecule has 0 aliphatic carbocycles. The number of ether oxygens (including phenoxy) is 1. The summed E-state index contributed by atoms with van der Waals surface area (Å²) in [5, 5.41) is 1.67. The topological polar surface area (TPSA) is 38.3 Å². The molecule has 2 atom stereocenters. The Balaban J connectivity index is 2.29. The van der Waals surface area contributed by atoms with Crippen LogP contribution in [-0.2, 0) is 9.53 Å². The molecule has 1 N–H and O–H groups in total. The Hall–Kier alpha value is -1.70. The summed E-state index contributed by atoms with van der Waals surface area (Å²) in [6.07, 6.45) is -4.74. The minimum absolute atomic E-state index is 0.00381. The number of benzene rings is 1. The molecule has 1 aromatic rings. The molecule has 0 aromatic heterocycles.